The molecule has 21 heavy (non-hydrogen) atoms. The molecule has 0 aliphatic carbocycles. The third-order valence-corrected chi connectivity index (χ3v) is 4.25. The number of carbonyl (C=O) groups is 1. The number of aromatic nitrogens is 1. The minimum absolute atomic E-state index is 0.0596. The first-order chi connectivity index (χ1) is 10.1. The predicted molar refractivity (Wildman–Crippen MR) is 83.7 cm³/mol. The summed E-state index contributed by atoms with van der Waals surface area (Å²) < 4.78 is 0. The number of rotatable bonds is 5. The largest absolute Gasteiger partial charge is 0.354 e. The lowest BCUT2D eigenvalue weighted by atomic mass is 9.94. The van der Waals surface area contributed by atoms with Gasteiger partial charge in [0.2, 0.25) is 5.91 Å². The quantitative estimate of drug-likeness (QED) is 0.861. The lowest BCUT2D eigenvalue weighted by molar-refractivity contribution is -0.120. The maximum atomic E-state index is 11.2. The van der Waals surface area contributed by atoms with Gasteiger partial charge in [0.1, 0.15) is 0 Å². The van der Waals surface area contributed by atoms with Gasteiger partial charge in [0.05, 0.1) is 0 Å². The highest BCUT2D eigenvalue weighted by molar-refractivity contribution is 5.73. The van der Waals surface area contributed by atoms with Crippen LogP contribution in [-0.2, 0) is 4.79 Å². The first-order valence-corrected chi connectivity index (χ1v) is 7.78. The maximum Gasteiger partial charge on any atom is 0.217 e. The third-order valence-electron chi connectivity index (χ3n) is 4.25. The Morgan fingerprint density at radius 1 is 1.43 bits per heavy atom. The minimum Gasteiger partial charge on any atom is -0.354 e. The monoisotopic (exact) mass is 290 g/mol. The molecule has 0 bridgehead atoms. The van der Waals surface area contributed by atoms with Gasteiger partial charge in [-0.2, -0.15) is 0 Å². The molecule has 5 nitrogen and oxygen atoms in total. The fraction of sp³-hybridized carbons (Fsp3) is 0.625. The van der Waals surface area contributed by atoms with Gasteiger partial charge in [0.15, 0.2) is 0 Å². The molecule has 2 rings (SSSR count). The molecule has 2 heterocycles. The number of piperidine rings is 1. The number of nitrogens with one attached hydrogen (secondary N) is 1. The fourth-order valence-electron chi connectivity index (χ4n) is 3.12. The van der Waals surface area contributed by atoms with Crippen LogP contribution in [0, 0.1) is 0 Å². The molecule has 5 heteroatoms. The molecule has 0 aromatic carbocycles. The summed E-state index contributed by atoms with van der Waals surface area (Å²) in [6.07, 6.45) is 6.57. The van der Waals surface area contributed by atoms with E-state index in [0.717, 1.165) is 32.4 Å². The number of pyridine rings is 1. The van der Waals surface area contributed by atoms with Crippen molar-refractivity contribution in [1.29, 1.82) is 0 Å². The number of nitrogens with zero attached hydrogens (tertiary/aromatic N) is 2. The van der Waals surface area contributed by atoms with E-state index in [1.54, 1.807) is 6.92 Å². The molecule has 0 radical (unpaired) electrons. The first-order valence-electron chi connectivity index (χ1n) is 7.78. The van der Waals surface area contributed by atoms with Crippen molar-refractivity contribution in [2.24, 2.45) is 5.73 Å². The van der Waals surface area contributed by atoms with E-state index in [0.29, 0.717) is 6.04 Å². The Morgan fingerprint density at radius 3 is 2.57 bits per heavy atom. The van der Waals surface area contributed by atoms with E-state index in [-0.39, 0.29) is 18.0 Å². The summed E-state index contributed by atoms with van der Waals surface area (Å²) in [4.78, 5) is 17.7. The Bertz CT molecular complexity index is 443. The van der Waals surface area contributed by atoms with Gasteiger partial charge in [-0.15, -0.1) is 0 Å². The summed E-state index contributed by atoms with van der Waals surface area (Å²) >= 11 is 0. The zero-order valence-electron chi connectivity index (χ0n) is 13.0. The van der Waals surface area contributed by atoms with E-state index in [2.05, 4.69) is 34.3 Å². The highest BCUT2D eigenvalue weighted by atomic mass is 16.1. The van der Waals surface area contributed by atoms with Gasteiger partial charge < -0.3 is 11.1 Å². The van der Waals surface area contributed by atoms with Crippen molar-refractivity contribution in [2.45, 2.75) is 51.2 Å². The molecule has 0 saturated carbocycles. The molecular weight excluding hydrogens is 264 g/mol. The Labute approximate surface area is 126 Å². The van der Waals surface area contributed by atoms with Crippen LogP contribution in [0.15, 0.2) is 24.5 Å². The van der Waals surface area contributed by atoms with E-state index < -0.39 is 0 Å². The maximum absolute atomic E-state index is 11.2. The summed E-state index contributed by atoms with van der Waals surface area (Å²) in [5, 5.41) is 3.02. The average Bonchev–Trinajstić information content (AvgIpc) is 2.49. The second kappa shape index (κ2) is 7.52. The third kappa shape index (κ3) is 4.25. The molecule has 3 N–H and O–H groups in total. The molecule has 1 aromatic rings. The van der Waals surface area contributed by atoms with Crippen molar-refractivity contribution in [3.8, 4) is 0 Å². The molecular formula is C16H26N4O. The lowest BCUT2D eigenvalue weighted by Crippen LogP contribution is -2.48. The SMILES string of the molecule is CCC(N)C(c1ccncc1)N1CCC(NC(C)=O)CC1. The van der Waals surface area contributed by atoms with Crippen molar-refractivity contribution >= 4 is 5.91 Å². The molecule has 1 aliphatic rings. The molecule has 1 fully saturated rings. The van der Waals surface area contributed by atoms with Crippen molar-refractivity contribution in [2.75, 3.05) is 13.1 Å². The van der Waals surface area contributed by atoms with Crippen LogP contribution in [-0.4, -0.2) is 41.0 Å². The van der Waals surface area contributed by atoms with Crippen molar-refractivity contribution in [1.82, 2.24) is 15.2 Å². The van der Waals surface area contributed by atoms with Crippen molar-refractivity contribution < 1.29 is 4.79 Å². The van der Waals surface area contributed by atoms with Gasteiger partial charge in [-0.05, 0) is 37.0 Å². The van der Waals surface area contributed by atoms with Gasteiger partial charge >= 0.3 is 0 Å². The molecule has 1 amide bonds. The number of hydrogen-bond acceptors (Lipinski definition) is 4. The van der Waals surface area contributed by atoms with Gasteiger partial charge in [-0.1, -0.05) is 6.92 Å². The summed E-state index contributed by atoms with van der Waals surface area (Å²) in [6, 6.07) is 4.76. The number of carbonyl (C=O) groups excluding carboxylic acids is 1. The Hall–Kier alpha value is -1.46. The van der Waals surface area contributed by atoms with Gasteiger partial charge in [-0.3, -0.25) is 14.7 Å². The van der Waals surface area contributed by atoms with E-state index >= 15 is 0 Å². The van der Waals surface area contributed by atoms with E-state index in [1.165, 1.54) is 5.56 Å². The van der Waals surface area contributed by atoms with Crippen LogP contribution in [0.2, 0.25) is 0 Å². The van der Waals surface area contributed by atoms with Gasteiger partial charge in [0, 0.05) is 50.5 Å². The van der Waals surface area contributed by atoms with Crippen LogP contribution >= 0.6 is 0 Å². The Kier molecular flexibility index (Phi) is 5.70. The Morgan fingerprint density at radius 2 is 2.05 bits per heavy atom. The highest BCUT2D eigenvalue weighted by Crippen LogP contribution is 2.27. The summed E-state index contributed by atoms with van der Waals surface area (Å²) in [5.74, 6) is 0.0596. The molecule has 2 atom stereocenters. The van der Waals surface area contributed by atoms with Gasteiger partial charge in [0.25, 0.3) is 0 Å². The van der Waals surface area contributed by atoms with Crippen LogP contribution in [0.25, 0.3) is 0 Å². The second-order valence-electron chi connectivity index (χ2n) is 5.81. The smallest absolute Gasteiger partial charge is 0.217 e. The molecule has 1 aromatic heterocycles. The lowest BCUT2D eigenvalue weighted by Gasteiger charge is -2.40. The van der Waals surface area contributed by atoms with E-state index in [9.17, 15) is 4.79 Å². The number of likely N-dealkylation sites (tertiary alicyclic amines) is 1. The standard InChI is InChI=1S/C16H26N4O/c1-3-15(17)16(13-4-8-18-9-5-13)20-10-6-14(7-11-20)19-12(2)21/h4-5,8-9,14-16H,3,6-7,10-11,17H2,1-2H3,(H,19,21). The normalized spacial score (nSPS) is 20.0. The second-order valence-corrected chi connectivity index (χ2v) is 5.81. The van der Waals surface area contributed by atoms with Crippen LogP contribution in [0.4, 0.5) is 0 Å². The Balaban J connectivity index is 2.04. The van der Waals surface area contributed by atoms with Crippen molar-refractivity contribution in [3.05, 3.63) is 30.1 Å². The zero-order valence-corrected chi connectivity index (χ0v) is 13.0. The van der Waals surface area contributed by atoms with Crippen LogP contribution in [0.3, 0.4) is 0 Å². The van der Waals surface area contributed by atoms with E-state index in [1.807, 2.05) is 12.4 Å². The van der Waals surface area contributed by atoms with Crippen LogP contribution in [0.1, 0.15) is 44.7 Å². The van der Waals surface area contributed by atoms with E-state index in [4.69, 9.17) is 5.73 Å². The fourth-order valence-corrected chi connectivity index (χ4v) is 3.12. The minimum atomic E-state index is 0.0596. The highest BCUT2D eigenvalue weighted by Gasteiger charge is 2.29. The summed E-state index contributed by atoms with van der Waals surface area (Å²) in [5.41, 5.74) is 7.60. The molecule has 1 saturated heterocycles. The van der Waals surface area contributed by atoms with Crippen LogP contribution < -0.4 is 11.1 Å². The van der Waals surface area contributed by atoms with Gasteiger partial charge in [-0.25, -0.2) is 0 Å². The molecule has 116 valence electrons. The van der Waals surface area contributed by atoms with Crippen molar-refractivity contribution in [3.63, 3.8) is 0 Å². The molecule has 1 aliphatic heterocycles. The van der Waals surface area contributed by atoms with Crippen LogP contribution in [0.5, 0.6) is 0 Å². The topological polar surface area (TPSA) is 71.2 Å². The average molecular weight is 290 g/mol. The number of amides is 1. The predicted octanol–water partition coefficient (Wildman–Crippen LogP) is 1.46. The molecule has 0 spiro atoms. The molecule has 2 unspecified atom stereocenters. The summed E-state index contributed by atoms with van der Waals surface area (Å²) in [7, 11) is 0. The zero-order chi connectivity index (χ0) is 15.2. The summed E-state index contributed by atoms with van der Waals surface area (Å²) in [6.45, 7) is 5.64. The first kappa shape index (κ1) is 15.9. The number of nitrogens with two attached hydrogens (primary N) is 1. The number of hydrogen-bond donors (Lipinski definition) is 2.